The van der Waals surface area contributed by atoms with E-state index in [2.05, 4.69) is 10.6 Å². The summed E-state index contributed by atoms with van der Waals surface area (Å²) in [6.07, 6.45) is 1.43. The van der Waals surface area contributed by atoms with E-state index in [1.165, 1.54) is 24.3 Å². The number of halogens is 1. The SMILES string of the molecule is CCOc1cc(/C=C(\C#N)C(=O)Nc2ccccc2)ccc1OCC(=O)Nc1ccccc1F. The molecule has 172 valence electrons. The minimum absolute atomic E-state index is 0.0550. The van der Waals surface area contributed by atoms with Crippen molar-refractivity contribution in [3.63, 3.8) is 0 Å². The van der Waals surface area contributed by atoms with E-state index in [0.29, 0.717) is 23.6 Å². The molecule has 3 aromatic rings. The van der Waals surface area contributed by atoms with Gasteiger partial charge in [0, 0.05) is 5.69 Å². The summed E-state index contributed by atoms with van der Waals surface area (Å²) in [5, 5.41) is 14.5. The molecule has 0 aliphatic carbocycles. The van der Waals surface area contributed by atoms with Gasteiger partial charge in [0.2, 0.25) is 0 Å². The van der Waals surface area contributed by atoms with Crippen LogP contribution in [0.3, 0.4) is 0 Å². The van der Waals surface area contributed by atoms with Crippen LogP contribution >= 0.6 is 0 Å². The summed E-state index contributed by atoms with van der Waals surface area (Å²) >= 11 is 0. The van der Waals surface area contributed by atoms with Crippen LogP contribution in [0.15, 0.2) is 78.4 Å². The third-order valence-corrected chi connectivity index (χ3v) is 4.48. The molecule has 0 aromatic heterocycles. The predicted molar refractivity (Wildman–Crippen MR) is 127 cm³/mol. The molecule has 2 amide bonds. The van der Waals surface area contributed by atoms with Gasteiger partial charge in [-0.1, -0.05) is 36.4 Å². The summed E-state index contributed by atoms with van der Waals surface area (Å²) in [5.41, 5.74) is 1.07. The zero-order chi connectivity index (χ0) is 24.3. The van der Waals surface area contributed by atoms with Crippen molar-refractivity contribution in [1.82, 2.24) is 0 Å². The van der Waals surface area contributed by atoms with Crippen molar-refractivity contribution >= 4 is 29.3 Å². The molecule has 3 aromatic carbocycles. The first-order chi connectivity index (χ1) is 16.5. The summed E-state index contributed by atoms with van der Waals surface area (Å²) in [6, 6.07) is 21.3. The minimum atomic E-state index is -0.549. The maximum Gasteiger partial charge on any atom is 0.266 e. The summed E-state index contributed by atoms with van der Waals surface area (Å²) in [4.78, 5) is 24.6. The van der Waals surface area contributed by atoms with Gasteiger partial charge < -0.3 is 20.1 Å². The van der Waals surface area contributed by atoms with E-state index in [-0.39, 0.29) is 23.6 Å². The lowest BCUT2D eigenvalue weighted by Gasteiger charge is -2.13. The zero-order valence-electron chi connectivity index (χ0n) is 18.4. The second-order valence-corrected chi connectivity index (χ2v) is 6.95. The van der Waals surface area contributed by atoms with E-state index >= 15 is 0 Å². The molecule has 0 aliphatic rings. The van der Waals surface area contributed by atoms with E-state index in [1.807, 2.05) is 12.1 Å². The topological polar surface area (TPSA) is 100 Å². The molecule has 0 unspecified atom stereocenters. The Labute approximate surface area is 196 Å². The number of nitriles is 1. The van der Waals surface area contributed by atoms with Crippen LogP contribution in [0.2, 0.25) is 0 Å². The Balaban J connectivity index is 1.71. The summed E-state index contributed by atoms with van der Waals surface area (Å²) in [7, 11) is 0. The van der Waals surface area contributed by atoms with Gasteiger partial charge in [0.1, 0.15) is 17.5 Å². The quantitative estimate of drug-likeness (QED) is 0.354. The molecular formula is C26H22FN3O4. The number of hydrogen-bond acceptors (Lipinski definition) is 5. The highest BCUT2D eigenvalue weighted by molar-refractivity contribution is 6.09. The van der Waals surface area contributed by atoms with Crippen LogP contribution in [0.1, 0.15) is 12.5 Å². The standard InChI is InChI=1S/C26H22FN3O4/c1-2-33-24-15-18(14-19(16-28)26(32)29-20-8-4-3-5-9-20)12-13-23(24)34-17-25(31)30-22-11-7-6-10-21(22)27/h3-15H,2,17H2,1H3,(H,29,32)(H,30,31)/b19-14+. The predicted octanol–water partition coefficient (Wildman–Crippen LogP) is 4.79. The lowest BCUT2D eigenvalue weighted by molar-refractivity contribution is -0.118. The Morgan fingerprint density at radius 2 is 1.71 bits per heavy atom. The Morgan fingerprint density at radius 1 is 0.971 bits per heavy atom. The van der Waals surface area contributed by atoms with Crippen molar-refractivity contribution in [2.24, 2.45) is 0 Å². The largest absolute Gasteiger partial charge is 0.490 e. The number of nitrogens with one attached hydrogen (secondary N) is 2. The van der Waals surface area contributed by atoms with Gasteiger partial charge in [0.05, 0.1) is 12.3 Å². The summed E-state index contributed by atoms with van der Waals surface area (Å²) in [6.45, 7) is 1.74. The van der Waals surface area contributed by atoms with E-state index in [0.717, 1.165) is 0 Å². The molecule has 0 radical (unpaired) electrons. The van der Waals surface area contributed by atoms with E-state index in [9.17, 15) is 19.2 Å². The third kappa shape index (κ3) is 6.68. The monoisotopic (exact) mass is 459 g/mol. The fourth-order valence-corrected chi connectivity index (χ4v) is 2.93. The molecular weight excluding hydrogens is 437 g/mol. The molecule has 0 heterocycles. The van der Waals surface area contributed by atoms with Crippen molar-refractivity contribution in [1.29, 1.82) is 5.26 Å². The van der Waals surface area contributed by atoms with Gasteiger partial charge >= 0.3 is 0 Å². The van der Waals surface area contributed by atoms with Crippen LogP contribution < -0.4 is 20.1 Å². The zero-order valence-corrected chi connectivity index (χ0v) is 18.4. The number of benzene rings is 3. The molecule has 8 heteroatoms. The maximum atomic E-state index is 13.7. The Bertz CT molecular complexity index is 1240. The first-order valence-electron chi connectivity index (χ1n) is 10.4. The maximum absolute atomic E-state index is 13.7. The number of anilines is 2. The van der Waals surface area contributed by atoms with Gasteiger partial charge in [-0.2, -0.15) is 5.26 Å². The lowest BCUT2D eigenvalue weighted by Crippen LogP contribution is -2.21. The number of hydrogen-bond donors (Lipinski definition) is 2. The van der Waals surface area contributed by atoms with Crippen molar-refractivity contribution in [2.75, 3.05) is 23.8 Å². The van der Waals surface area contributed by atoms with Crippen molar-refractivity contribution in [3.05, 3.63) is 89.8 Å². The van der Waals surface area contributed by atoms with Crippen molar-refractivity contribution < 1.29 is 23.5 Å². The molecule has 0 saturated heterocycles. The second kappa shape index (κ2) is 11.8. The first-order valence-corrected chi connectivity index (χ1v) is 10.4. The highest BCUT2D eigenvalue weighted by Crippen LogP contribution is 2.29. The summed E-state index contributed by atoms with van der Waals surface area (Å²) < 4.78 is 24.8. The normalized spacial score (nSPS) is 10.7. The fourth-order valence-electron chi connectivity index (χ4n) is 2.93. The third-order valence-electron chi connectivity index (χ3n) is 4.48. The van der Waals surface area contributed by atoms with Crippen LogP contribution in [0.5, 0.6) is 11.5 Å². The van der Waals surface area contributed by atoms with Gasteiger partial charge in [-0.3, -0.25) is 9.59 Å². The number of amides is 2. The number of nitrogens with zero attached hydrogens (tertiary/aromatic N) is 1. The minimum Gasteiger partial charge on any atom is -0.490 e. The Hall–Kier alpha value is -4.64. The van der Waals surface area contributed by atoms with Gasteiger partial charge in [-0.05, 0) is 55.0 Å². The van der Waals surface area contributed by atoms with Crippen LogP contribution in [-0.4, -0.2) is 25.0 Å². The van der Waals surface area contributed by atoms with Gasteiger partial charge in [0.25, 0.3) is 11.8 Å². The van der Waals surface area contributed by atoms with Crippen molar-refractivity contribution in [3.8, 4) is 17.6 Å². The fraction of sp³-hybridized carbons (Fsp3) is 0.115. The van der Waals surface area contributed by atoms with Crippen LogP contribution in [-0.2, 0) is 9.59 Å². The van der Waals surface area contributed by atoms with E-state index < -0.39 is 17.6 Å². The van der Waals surface area contributed by atoms with E-state index in [4.69, 9.17) is 9.47 Å². The highest BCUT2D eigenvalue weighted by Gasteiger charge is 2.13. The van der Waals surface area contributed by atoms with Gasteiger partial charge in [-0.15, -0.1) is 0 Å². The molecule has 7 nitrogen and oxygen atoms in total. The summed E-state index contributed by atoms with van der Waals surface area (Å²) in [5.74, 6) is -1.02. The number of ether oxygens (including phenoxy) is 2. The number of para-hydroxylation sites is 2. The van der Waals surface area contributed by atoms with E-state index in [1.54, 1.807) is 55.5 Å². The Kier molecular flexibility index (Phi) is 8.36. The molecule has 0 spiro atoms. The number of rotatable bonds is 9. The second-order valence-electron chi connectivity index (χ2n) is 6.95. The molecule has 0 fully saturated rings. The average molecular weight is 459 g/mol. The first kappa shape index (κ1) is 24.0. The molecule has 0 aliphatic heterocycles. The van der Waals surface area contributed by atoms with Crippen molar-refractivity contribution in [2.45, 2.75) is 6.92 Å². The number of carbonyl (C=O) groups is 2. The number of carbonyl (C=O) groups excluding carboxylic acids is 2. The smallest absolute Gasteiger partial charge is 0.266 e. The molecule has 0 saturated carbocycles. The van der Waals surface area contributed by atoms with Crippen LogP contribution in [0.25, 0.3) is 6.08 Å². The molecule has 3 rings (SSSR count). The van der Waals surface area contributed by atoms with Crippen LogP contribution in [0, 0.1) is 17.1 Å². The van der Waals surface area contributed by atoms with Crippen LogP contribution in [0.4, 0.5) is 15.8 Å². The molecule has 34 heavy (non-hydrogen) atoms. The Morgan fingerprint density at radius 3 is 2.41 bits per heavy atom. The molecule has 0 bridgehead atoms. The molecule has 2 N–H and O–H groups in total. The lowest BCUT2D eigenvalue weighted by atomic mass is 10.1. The highest BCUT2D eigenvalue weighted by atomic mass is 19.1. The van der Waals surface area contributed by atoms with Gasteiger partial charge in [-0.25, -0.2) is 4.39 Å². The molecule has 0 atom stereocenters. The van der Waals surface area contributed by atoms with Gasteiger partial charge in [0.15, 0.2) is 18.1 Å². The average Bonchev–Trinajstić information content (AvgIpc) is 2.84.